The molecule has 5 heteroatoms. The summed E-state index contributed by atoms with van der Waals surface area (Å²) >= 11 is 6.76. The van der Waals surface area contributed by atoms with Gasteiger partial charge in [-0.3, -0.25) is 0 Å². The molecule has 0 fully saturated rings. The molecule has 0 amide bonds. The van der Waals surface area contributed by atoms with Crippen LogP contribution in [0.3, 0.4) is 0 Å². The fourth-order valence-corrected chi connectivity index (χ4v) is 3.78. The summed E-state index contributed by atoms with van der Waals surface area (Å²) in [5.41, 5.74) is 0.336. The molecule has 0 saturated heterocycles. The van der Waals surface area contributed by atoms with Crippen molar-refractivity contribution in [3.63, 3.8) is 0 Å². The Morgan fingerprint density at radius 2 is 2.18 bits per heavy atom. The molecule has 0 saturated carbocycles. The van der Waals surface area contributed by atoms with E-state index < -0.39 is 5.97 Å². The number of hydrogen-bond donors (Lipinski definition) is 1. The first-order valence-electron chi connectivity index (χ1n) is 4.85. The average molecular weight is 329 g/mol. The van der Waals surface area contributed by atoms with Crippen LogP contribution in [-0.2, 0) is 5.75 Å². The highest BCUT2D eigenvalue weighted by atomic mass is 79.9. The van der Waals surface area contributed by atoms with Gasteiger partial charge in [0.25, 0.3) is 0 Å². The third-order valence-electron chi connectivity index (χ3n) is 2.09. The Hall–Kier alpha value is -0.780. The second-order valence-corrected chi connectivity index (χ2v) is 6.92. The van der Waals surface area contributed by atoms with Gasteiger partial charge >= 0.3 is 5.97 Å². The number of benzene rings is 1. The standard InChI is InChI=1S/C12H9BrO2S2/c13-11-5-4-10(17-11)7-16-9-3-1-2-8(6-9)12(14)15/h1-6H,7H2,(H,14,15). The molecule has 0 aliphatic rings. The van der Waals surface area contributed by atoms with Crippen molar-refractivity contribution in [2.24, 2.45) is 0 Å². The van der Waals surface area contributed by atoms with Crippen LogP contribution in [0.2, 0.25) is 0 Å². The molecular formula is C12H9BrO2S2. The number of carboxylic acids is 1. The van der Waals surface area contributed by atoms with Crippen molar-refractivity contribution in [1.29, 1.82) is 0 Å². The predicted octanol–water partition coefficient (Wildman–Crippen LogP) is 4.50. The Kier molecular flexibility index (Phi) is 4.25. The molecule has 1 aromatic carbocycles. The van der Waals surface area contributed by atoms with Crippen molar-refractivity contribution in [2.45, 2.75) is 10.6 Å². The van der Waals surface area contributed by atoms with E-state index in [2.05, 4.69) is 22.0 Å². The van der Waals surface area contributed by atoms with E-state index >= 15 is 0 Å². The van der Waals surface area contributed by atoms with E-state index in [9.17, 15) is 4.79 Å². The van der Waals surface area contributed by atoms with Gasteiger partial charge in [0.2, 0.25) is 0 Å². The molecule has 0 unspecified atom stereocenters. The molecule has 0 spiro atoms. The molecule has 0 bridgehead atoms. The van der Waals surface area contributed by atoms with Gasteiger partial charge in [0.15, 0.2) is 0 Å². The van der Waals surface area contributed by atoms with Crippen LogP contribution < -0.4 is 0 Å². The van der Waals surface area contributed by atoms with E-state index in [-0.39, 0.29) is 0 Å². The maximum atomic E-state index is 10.8. The zero-order valence-corrected chi connectivity index (χ0v) is 11.9. The highest BCUT2D eigenvalue weighted by Gasteiger charge is 2.04. The summed E-state index contributed by atoms with van der Waals surface area (Å²) in [4.78, 5) is 13.1. The van der Waals surface area contributed by atoms with Crippen LogP contribution in [0.4, 0.5) is 0 Å². The normalized spacial score (nSPS) is 10.4. The highest BCUT2D eigenvalue weighted by Crippen LogP contribution is 2.29. The Balaban J connectivity index is 2.04. The molecular weight excluding hydrogens is 320 g/mol. The zero-order chi connectivity index (χ0) is 12.3. The smallest absolute Gasteiger partial charge is 0.335 e. The first-order chi connectivity index (χ1) is 8.15. The minimum atomic E-state index is -0.883. The number of rotatable bonds is 4. The third kappa shape index (κ3) is 3.59. The van der Waals surface area contributed by atoms with Gasteiger partial charge in [0.1, 0.15) is 0 Å². The van der Waals surface area contributed by atoms with Crippen LogP contribution in [0.25, 0.3) is 0 Å². The first kappa shape index (κ1) is 12.7. The average Bonchev–Trinajstić information content (AvgIpc) is 2.73. The second kappa shape index (κ2) is 5.71. The summed E-state index contributed by atoms with van der Waals surface area (Å²) in [5.74, 6) is -0.0226. The van der Waals surface area contributed by atoms with Crippen LogP contribution >= 0.6 is 39.0 Å². The summed E-state index contributed by atoms with van der Waals surface area (Å²) in [7, 11) is 0. The maximum Gasteiger partial charge on any atom is 0.335 e. The fraction of sp³-hybridized carbons (Fsp3) is 0.0833. The zero-order valence-electron chi connectivity index (χ0n) is 8.72. The molecule has 2 rings (SSSR count). The molecule has 2 aromatic rings. The van der Waals surface area contributed by atoms with Crippen molar-refractivity contribution in [3.05, 3.63) is 50.6 Å². The molecule has 0 aliphatic carbocycles. The minimum absolute atomic E-state index is 0.336. The van der Waals surface area contributed by atoms with Gasteiger partial charge in [0, 0.05) is 15.5 Å². The SMILES string of the molecule is O=C(O)c1cccc(SCc2ccc(Br)s2)c1. The van der Waals surface area contributed by atoms with Crippen LogP contribution in [-0.4, -0.2) is 11.1 Å². The Morgan fingerprint density at radius 3 is 2.82 bits per heavy atom. The number of thiophene rings is 1. The van der Waals surface area contributed by atoms with Crippen LogP contribution in [0.1, 0.15) is 15.2 Å². The fourth-order valence-electron chi connectivity index (χ4n) is 1.30. The number of thioether (sulfide) groups is 1. The Morgan fingerprint density at radius 1 is 1.35 bits per heavy atom. The van der Waals surface area contributed by atoms with Crippen molar-refractivity contribution >= 4 is 45.0 Å². The monoisotopic (exact) mass is 328 g/mol. The number of hydrogen-bond acceptors (Lipinski definition) is 3. The quantitative estimate of drug-likeness (QED) is 0.839. The van der Waals surface area contributed by atoms with Crippen molar-refractivity contribution < 1.29 is 9.90 Å². The van der Waals surface area contributed by atoms with Crippen molar-refractivity contribution in [2.75, 3.05) is 0 Å². The third-order valence-corrected chi connectivity index (χ3v) is 4.94. The van der Waals surface area contributed by atoms with E-state index in [1.807, 2.05) is 12.1 Å². The molecule has 0 aliphatic heterocycles. The number of carbonyl (C=O) groups is 1. The van der Waals surface area contributed by atoms with Crippen LogP contribution in [0.15, 0.2) is 45.1 Å². The summed E-state index contributed by atoms with van der Waals surface area (Å²) < 4.78 is 1.12. The molecule has 1 aromatic heterocycles. The highest BCUT2D eigenvalue weighted by molar-refractivity contribution is 9.11. The molecule has 1 heterocycles. The lowest BCUT2D eigenvalue weighted by molar-refractivity contribution is 0.0696. The minimum Gasteiger partial charge on any atom is -0.478 e. The van der Waals surface area contributed by atoms with Crippen molar-refractivity contribution in [1.82, 2.24) is 0 Å². The van der Waals surface area contributed by atoms with Gasteiger partial charge in [-0.1, -0.05) is 6.07 Å². The van der Waals surface area contributed by atoms with Crippen LogP contribution in [0.5, 0.6) is 0 Å². The van der Waals surface area contributed by atoms with Gasteiger partial charge in [-0.25, -0.2) is 4.79 Å². The molecule has 2 nitrogen and oxygen atoms in total. The molecule has 17 heavy (non-hydrogen) atoms. The lowest BCUT2D eigenvalue weighted by Crippen LogP contribution is -1.95. The molecule has 88 valence electrons. The van der Waals surface area contributed by atoms with Gasteiger partial charge in [0.05, 0.1) is 9.35 Å². The number of aromatic carboxylic acids is 1. The summed E-state index contributed by atoms with van der Waals surface area (Å²) in [6.45, 7) is 0. The van der Waals surface area contributed by atoms with Crippen LogP contribution in [0, 0.1) is 0 Å². The summed E-state index contributed by atoms with van der Waals surface area (Å²) in [6.07, 6.45) is 0. The Bertz CT molecular complexity index is 537. The molecule has 1 N–H and O–H groups in total. The van der Waals surface area contributed by atoms with E-state index in [0.29, 0.717) is 5.56 Å². The Labute approximate surface area is 116 Å². The summed E-state index contributed by atoms with van der Waals surface area (Å²) in [6, 6.07) is 11.1. The largest absolute Gasteiger partial charge is 0.478 e. The molecule has 0 radical (unpaired) electrons. The second-order valence-electron chi connectivity index (χ2n) is 3.33. The van der Waals surface area contributed by atoms with E-state index in [4.69, 9.17) is 5.11 Å². The van der Waals surface area contributed by atoms with Gasteiger partial charge in [-0.05, 0) is 46.3 Å². The molecule has 0 atom stereocenters. The van der Waals surface area contributed by atoms with Gasteiger partial charge < -0.3 is 5.11 Å². The lowest BCUT2D eigenvalue weighted by Gasteiger charge is -2.01. The van der Waals surface area contributed by atoms with Crippen molar-refractivity contribution in [3.8, 4) is 0 Å². The summed E-state index contributed by atoms with van der Waals surface area (Å²) in [5, 5.41) is 8.88. The topological polar surface area (TPSA) is 37.3 Å². The van der Waals surface area contributed by atoms with E-state index in [0.717, 1.165) is 14.4 Å². The van der Waals surface area contributed by atoms with E-state index in [1.54, 1.807) is 41.3 Å². The van der Waals surface area contributed by atoms with Gasteiger partial charge in [-0.2, -0.15) is 0 Å². The lowest BCUT2D eigenvalue weighted by atomic mass is 10.2. The number of carboxylic acid groups (broad SMARTS) is 1. The maximum absolute atomic E-state index is 10.8. The first-order valence-corrected chi connectivity index (χ1v) is 7.45. The number of halogens is 1. The van der Waals surface area contributed by atoms with E-state index in [1.165, 1.54) is 4.88 Å². The van der Waals surface area contributed by atoms with Gasteiger partial charge in [-0.15, -0.1) is 23.1 Å². The predicted molar refractivity (Wildman–Crippen MR) is 75.0 cm³/mol.